The number of aromatic nitrogens is 4. The number of anilines is 2. The first-order valence-corrected chi connectivity index (χ1v) is 10.3. The van der Waals surface area contributed by atoms with Gasteiger partial charge in [-0.3, -0.25) is 10.4 Å². The summed E-state index contributed by atoms with van der Waals surface area (Å²) in [4.78, 5) is 19.6. The summed E-state index contributed by atoms with van der Waals surface area (Å²) < 4.78 is 27.0. The molecule has 4 rings (SSSR count). The Bertz CT molecular complexity index is 1430. The van der Waals surface area contributed by atoms with E-state index in [1.165, 1.54) is 32.5 Å². The SMILES string of the molecule is COc1cc(OC)c(F)c(C(Nc2ccc(C(=N)N)cc2)c2nn(-c3ncccc3N)c(=O)[nH]2)c1. The van der Waals surface area contributed by atoms with Crippen LogP contribution >= 0.6 is 0 Å². The van der Waals surface area contributed by atoms with Gasteiger partial charge < -0.3 is 26.3 Å². The van der Waals surface area contributed by atoms with Crippen LogP contribution in [0.1, 0.15) is 23.0 Å². The van der Waals surface area contributed by atoms with Crippen molar-refractivity contribution in [2.24, 2.45) is 5.73 Å². The number of hydrogen-bond acceptors (Lipinski definition) is 8. The van der Waals surface area contributed by atoms with Gasteiger partial charge in [0.15, 0.2) is 23.2 Å². The highest BCUT2D eigenvalue weighted by Gasteiger charge is 2.26. The molecule has 180 valence electrons. The zero-order valence-electron chi connectivity index (χ0n) is 18.9. The summed E-state index contributed by atoms with van der Waals surface area (Å²) in [7, 11) is 2.78. The number of halogens is 1. The van der Waals surface area contributed by atoms with Gasteiger partial charge in [0.1, 0.15) is 17.6 Å². The molecule has 0 saturated heterocycles. The lowest BCUT2D eigenvalue weighted by molar-refractivity contribution is 0.370. The van der Waals surface area contributed by atoms with Crippen LogP contribution < -0.4 is 31.9 Å². The number of aromatic amines is 1. The van der Waals surface area contributed by atoms with Crippen LogP contribution in [-0.4, -0.2) is 39.8 Å². The zero-order valence-corrected chi connectivity index (χ0v) is 18.9. The van der Waals surface area contributed by atoms with E-state index in [1.54, 1.807) is 36.4 Å². The number of hydrogen-bond donors (Lipinski definition) is 5. The Morgan fingerprint density at radius 3 is 2.57 bits per heavy atom. The van der Waals surface area contributed by atoms with Crippen molar-refractivity contribution in [3.63, 3.8) is 0 Å². The van der Waals surface area contributed by atoms with Gasteiger partial charge in [0.25, 0.3) is 0 Å². The normalized spacial score (nSPS) is 11.6. The summed E-state index contributed by atoms with van der Waals surface area (Å²) in [6, 6.07) is 11.7. The summed E-state index contributed by atoms with van der Waals surface area (Å²) in [5.74, 6) is -0.244. The first kappa shape index (κ1) is 23.3. The number of H-pyrrole nitrogens is 1. The quantitative estimate of drug-likeness (QED) is 0.189. The number of nitrogens with two attached hydrogens (primary N) is 2. The van der Waals surface area contributed by atoms with E-state index in [1.807, 2.05) is 0 Å². The summed E-state index contributed by atoms with van der Waals surface area (Å²) in [5, 5.41) is 15.1. The Hall–Kier alpha value is -4.87. The third kappa shape index (κ3) is 4.62. The predicted molar refractivity (Wildman–Crippen MR) is 129 cm³/mol. The van der Waals surface area contributed by atoms with Gasteiger partial charge in [-0.15, -0.1) is 5.10 Å². The number of pyridine rings is 1. The molecule has 0 radical (unpaired) electrons. The predicted octanol–water partition coefficient (Wildman–Crippen LogP) is 2.18. The summed E-state index contributed by atoms with van der Waals surface area (Å²) in [6.07, 6.45) is 1.48. The molecular formula is C23H23FN8O3. The molecule has 0 saturated carbocycles. The third-order valence-corrected chi connectivity index (χ3v) is 5.24. The lowest BCUT2D eigenvalue weighted by Gasteiger charge is -2.21. The molecule has 2 aromatic carbocycles. The maximum atomic E-state index is 15.5. The van der Waals surface area contributed by atoms with Gasteiger partial charge in [0, 0.05) is 29.1 Å². The molecule has 1 atom stereocenters. The van der Waals surface area contributed by atoms with E-state index in [9.17, 15) is 4.79 Å². The molecule has 7 N–H and O–H groups in total. The van der Waals surface area contributed by atoms with E-state index in [2.05, 4.69) is 20.4 Å². The number of nitrogens with zero attached hydrogens (tertiary/aromatic N) is 3. The number of methoxy groups -OCH3 is 2. The van der Waals surface area contributed by atoms with Crippen LogP contribution in [0.3, 0.4) is 0 Å². The molecule has 35 heavy (non-hydrogen) atoms. The Morgan fingerprint density at radius 1 is 1.20 bits per heavy atom. The molecule has 12 heteroatoms. The van der Waals surface area contributed by atoms with E-state index in [0.717, 1.165) is 4.68 Å². The molecule has 4 aromatic rings. The van der Waals surface area contributed by atoms with Gasteiger partial charge in [0.05, 0.1) is 19.9 Å². The molecule has 0 fully saturated rings. The van der Waals surface area contributed by atoms with Gasteiger partial charge in [-0.05, 0) is 42.5 Å². The van der Waals surface area contributed by atoms with E-state index < -0.39 is 17.5 Å². The smallest absolute Gasteiger partial charge is 0.349 e. The van der Waals surface area contributed by atoms with Crippen LogP contribution in [0.5, 0.6) is 11.5 Å². The average Bonchev–Trinajstić information content (AvgIpc) is 3.24. The van der Waals surface area contributed by atoms with Crippen molar-refractivity contribution < 1.29 is 13.9 Å². The van der Waals surface area contributed by atoms with Crippen LogP contribution in [-0.2, 0) is 0 Å². The fraction of sp³-hybridized carbons (Fsp3) is 0.130. The molecule has 2 aromatic heterocycles. The zero-order chi connectivity index (χ0) is 25.1. The van der Waals surface area contributed by atoms with E-state index in [-0.39, 0.29) is 34.5 Å². The molecule has 0 amide bonds. The monoisotopic (exact) mass is 478 g/mol. The molecule has 0 bridgehead atoms. The van der Waals surface area contributed by atoms with Crippen molar-refractivity contribution in [1.82, 2.24) is 19.7 Å². The van der Waals surface area contributed by atoms with Gasteiger partial charge >= 0.3 is 5.69 Å². The van der Waals surface area contributed by atoms with Gasteiger partial charge in [-0.1, -0.05) is 0 Å². The second-order valence-corrected chi connectivity index (χ2v) is 7.44. The number of ether oxygens (including phenoxy) is 2. The van der Waals surface area contributed by atoms with Crippen LogP contribution in [0.2, 0.25) is 0 Å². The maximum absolute atomic E-state index is 15.5. The Kier molecular flexibility index (Phi) is 6.36. The molecular weight excluding hydrogens is 455 g/mol. The average molecular weight is 478 g/mol. The van der Waals surface area contributed by atoms with Crippen LogP contribution in [0.25, 0.3) is 5.82 Å². The minimum Gasteiger partial charge on any atom is -0.497 e. The van der Waals surface area contributed by atoms with E-state index >= 15 is 4.39 Å². The van der Waals surface area contributed by atoms with Crippen LogP contribution in [0, 0.1) is 11.2 Å². The van der Waals surface area contributed by atoms with Gasteiger partial charge in [-0.2, -0.15) is 4.68 Å². The lowest BCUT2D eigenvalue weighted by Crippen LogP contribution is -2.18. The standard InChI is InChI=1S/C23H23FN8O3/c1-34-14-10-15(18(24)17(11-14)35-2)19(29-13-7-5-12(6-8-13)20(26)27)21-30-23(33)32(31-21)22-16(25)4-3-9-28-22/h3-11,19,29H,25H2,1-2H3,(H3,26,27)(H,30,31,33). The maximum Gasteiger partial charge on any atom is 0.349 e. The second-order valence-electron chi connectivity index (χ2n) is 7.44. The topological polar surface area (TPSA) is 170 Å². The first-order chi connectivity index (χ1) is 16.8. The van der Waals surface area contributed by atoms with Crippen molar-refractivity contribution in [2.45, 2.75) is 6.04 Å². The molecule has 0 aliphatic heterocycles. The molecule has 2 heterocycles. The Balaban J connectivity index is 1.86. The molecule has 0 spiro atoms. The second kappa shape index (κ2) is 9.55. The highest BCUT2D eigenvalue weighted by molar-refractivity contribution is 5.95. The number of benzene rings is 2. The highest BCUT2D eigenvalue weighted by atomic mass is 19.1. The number of nitrogens with one attached hydrogen (secondary N) is 3. The van der Waals surface area contributed by atoms with Crippen molar-refractivity contribution >= 4 is 17.2 Å². The number of amidine groups is 1. The fourth-order valence-electron chi connectivity index (χ4n) is 3.48. The summed E-state index contributed by atoms with van der Waals surface area (Å²) >= 11 is 0. The van der Waals surface area contributed by atoms with Crippen LogP contribution in [0.4, 0.5) is 15.8 Å². The summed E-state index contributed by atoms with van der Waals surface area (Å²) in [6.45, 7) is 0. The minimum absolute atomic E-state index is 0.0474. The van der Waals surface area contributed by atoms with Crippen molar-refractivity contribution in [3.8, 4) is 17.3 Å². The Labute approximate surface area is 199 Å². The molecule has 0 aliphatic carbocycles. The Morgan fingerprint density at radius 2 is 1.94 bits per heavy atom. The van der Waals surface area contributed by atoms with Crippen molar-refractivity contribution in [3.05, 3.63) is 88.0 Å². The van der Waals surface area contributed by atoms with E-state index in [4.69, 9.17) is 26.4 Å². The summed E-state index contributed by atoms with van der Waals surface area (Å²) in [5.41, 5.74) is 12.3. The molecule has 0 aliphatic rings. The highest BCUT2D eigenvalue weighted by Crippen LogP contribution is 2.34. The van der Waals surface area contributed by atoms with Crippen LogP contribution in [0.15, 0.2) is 59.5 Å². The largest absolute Gasteiger partial charge is 0.497 e. The molecule has 11 nitrogen and oxygen atoms in total. The number of nitrogen functional groups attached to an aromatic ring is 2. The van der Waals surface area contributed by atoms with Crippen molar-refractivity contribution in [1.29, 1.82) is 5.41 Å². The third-order valence-electron chi connectivity index (χ3n) is 5.24. The lowest BCUT2D eigenvalue weighted by atomic mass is 10.0. The van der Waals surface area contributed by atoms with Gasteiger partial charge in [0.2, 0.25) is 0 Å². The first-order valence-electron chi connectivity index (χ1n) is 10.3. The molecule has 1 unspecified atom stereocenters. The van der Waals surface area contributed by atoms with Gasteiger partial charge in [-0.25, -0.2) is 14.2 Å². The van der Waals surface area contributed by atoms with Crippen molar-refractivity contribution in [2.75, 3.05) is 25.3 Å². The fourth-order valence-corrected chi connectivity index (χ4v) is 3.48. The minimum atomic E-state index is -0.985. The number of rotatable bonds is 8. The van der Waals surface area contributed by atoms with E-state index in [0.29, 0.717) is 17.0 Å².